The molecule has 2 N–H and O–H groups in total. The van der Waals surface area contributed by atoms with Crippen LogP contribution in [0.5, 0.6) is 5.75 Å². The first-order valence-corrected chi connectivity index (χ1v) is 8.91. The Balaban J connectivity index is 2.27. The fourth-order valence-electron chi connectivity index (χ4n) is 2.25. The molecule has 6 heteroatoms. The first kappa shape index (κ1) is 19.0. The lowest BCUT2D eigenvalue weighted by Crippen LogP contribution is -2.21. The van der Waals surface area contributed by atoms with Gasteiger partial charge in [0, 0.05) is 11.5 Å². The molecule has 132 valence electrons. The van der Waals surface area contributed by atoms with Crippen molar-refractivity contribution in [3.8, 4) is 5.75 Å². The first-order valence-electron chi connectivity index (χ1n) is 8.11. The molecular formula is C19H21BrN2O3. The Morgan fingerprint density at radius 3 is 2.56 bits per heavy atom. The molecule has 0 unspecified atom stereocenters. The number of amides is 2. The van der Waals surface area contributed by atoms with E-state index in [2.05, 4.69) is 33.5 Å². The quantitative estimate of drug-likeness (QED) is 0.678. The summed E-state index contributed by atoms with van der Waals surface area (Å²) in [4.78, 5) is 24.7. The molecule has 0 heterocycles. The maximum atomic E-state index is 12.7. The average Bonchev–Trinajstić information content (AvgIpc) is 2.62. The second kappa shape index (κ2) is 9.22. The highest BCUT2D eigenvalue weighted by Crippen LogP contribution is 2.25. The van der Waals surface area contributed by atoms with Crippen molar-refractivity contribution in [3.05, 3.63) is 58.1 Å². The topological polar surface area (TPSA) is 67.4 Å². The molecule has 2 aromatic carbocycles. The van der Waals surface area contributed by atoms with Crippen molar-refractivity contribution in [2.24, 2.45) is 0 Å². The largest absolute Gasteiger partial charge is 0.493 e. The van der Waals surface area contributed by atoms with Crippen LogP contribution in [0.3, 0.4) is 0 Å². The minimum atomic E-state index is -0.329. The van der Waals surface area contributed by atoms with Crippen LogP contribution < -0.4 is 15.4 Å². The van der Waals surface area contributed by atoms with Gasteiger partial charge in [-0.15, -0.1) is 0 Å². The monoisotopic (exact) mass is 404 g/mol. The maximum absolute atomic E-state index is 12.7. The number of hydrogen-bond donors (Lipinski definition) is 2. The van der Waals surface area contributed by atoms with Gasteiger partial charge in [-0.1, -0.05) is 41.4 Å². The second-order valence-corrected chi connectivity index (χ2v) is 6.34. The average molecular weight is 405 g/mol. The third-order valence-electron chi connectivity index (χ3n) is 3.59. The SMILES string of the molecule is CCCCOc1ccc(Br)cc1C(=O)Nc1ccccc1C(=O)NC. The molecule has 5 nitrogen and oxygen atoms in total. The van der Waals surface area contributed by atoms with Crippen LogP contribution >= 0.6 is 15.9 Å². The van der Waals surface area contributed by atoms with E-state index in [1.165, 1.54) is 0 Å². The van der Waals surface area contributed by atoms with Crippen LogP contribution in [0.25, 0.3) is 0 Å². The number of anilines is 1. The van der Waals surface area contributed by atoms with Crippen LogP contribution in [-0.4, -0.2) is 25.5 Å². The van der Waals surface area contributed by atoms with E-state index < -0.39 is 0 Å². The van der Waals surface area contributed by atoms with E-state index >= 15 is 0 Å². The molecule has 2 amide bonds. The van der Waals surface area contributed by atoms with E-state index in [1.807, 2.05) is 6.07 Å². The third kappa shape index (κ3) is 5.06. The van der Waals surface area contributed by atoms with Crippen LogP contribution in [-0.2, 0) is 0 Å². The molecule has 0 aliphatic carbocycles. The highest BCUT2D eigenvalue weighted by atomic mass is 79.9. The van der Waals surface area contributed by atoms with E-state index in [0.717, 1.165) is 17.3 Å². The van der Waals surface area contributed by atoms with Gasteiger partial charge in [0.05, 0.1) is 23.4 Å². The number of ether oxygens (including phenoxy) is 1. The highest BCUT2D eigenvalue weighted by molar-refractivity contribution is 9.10. The van der Waals surface area contributed by atoms with Gasteiger partial charge in [-0.25, -0.2) is 0 Å². The van der Waals surface area contributed by atoms with Crippen molar-refractivity contribution in [3.63, 3.8) is 0 Å². The summed E-state index contributed by atoms with van der Waals surface area (Å²) in [5, 5.41) is 5.37. The molecule has 0 radical (unpaired) electrons. The molecule has 2 rings (SSSR count). The summed E-state index contributed by atoms with van der Waals surface area (Å²) in [6.07, 6.45) is 1.92. The van der Waals surface area contributed by atoms with Crippen LogP contribution in [0.15, 0.2) is 46.9 Å². The van der Waals surface area contributed by atoms with Crippen LogP contribution in [0.4, 0.5) is 5.69 Å². The van der Waals surface area contributed by atoms with Crippen molar-refractivity contribution in [1.29, 1.82) is 0 Å². The van der Waals surface area contributed by atoms with Crippen LogP contribution in [0.1, 0.15) is 40.5 Å². The predicted molar refractivity (Wildman–Crippen MR) is 102 cm³/mol. The smallest absolute Gasteiger partial charge is 0.259 e. The number of unbranched alkanes of at least 4 members (excludes halogenated alkanes) is 1. The minimum Gasteiger partial charge on any atom is -0.493 e. The fourth-order valence-corrected chi connectivity index (χ4v) is 2.61. The van der Waals surface area contributed by atoms with Gasteiger partial charge in [-0.2, -0.15) is 0 Å². The van der Waals surface area contributed by atoms with Crippen molar-refractivity contribution in [2.75, 3.05) is 19.0 Å². The molecule has 0 fully saturated rings. The summed E-state index contributed by atoms with van der Waals surface area (Å²) in [6, 6.07) is 12.2. The van der Waals surface area contributed by atoms with Crippen LogP contribution in [0, 0.1) is 0 Å². The Morgan fingerprint density at radius 2 is 1.84 bits per heavy atom. The zero-order valence-electron chi connectivity index (χ0n) is 14.3. The summed E-state index contributed by atoms with van der Waals surface area (Å²) in [7, 11) is 1.55. The number of carbonyl (C=O) groups is 2. The lowest BCUT2D eigenvalue weighted by Gasteiger charge is -2.14. The summed E-state index contributed by atoms with van der Waals surface area (Å²) in [6.45, 7) is 2.63. The predicted octanol–water partition coefficient (Wildman–Crippen LogP) is 4.24. The molecular weight excluding hydrogens is 384 g/mol. The fraction of sp³-hybridized carbons (Fsp3) is 0.263. The summed E-state index contributed by atoms with van der Waals surface area (Å²) in [5.74, 6) is -0.0692. The Labute approximate surface area is 155 Å². The van der Waals surface area contributed by atoms with Gasteiger partial charge < -0.3 is 15.4 Å². The first-order chi connectivity index (χ1) is 12.1. The zero-order valence-corrected chi connectivity index (χ0v) is 15.9. The number of benzene rings is 2. The van der Waals surface area contributed by atoms with E-state index in [4.69, 9.17) is 4.74 Å². The lowest BCUT2D eigenvalue weighted by molar-refractivity contribution is 0.0964. The number of para-hydroxylation sites is 1. The standard InChI is InChI=1S/C19H21BrN2O3/c1-3-4-11-25-17-10-9-13(20)12-15(17)19(24)22-16-8-6-5-7-14(16)18(23)21-2/h5-10,12H,3-4,11H2,1-2H3,(H,21,23)(H,22,24). The molecule has 0 saturated heterocycles. The van der Waals surface area contributed by atoms with Crippen molar-refractivity contribution in [2.45, 2.75) is 19.8 Å². The zero-order chi connectivity index (χ0) is 18.2. The molecule has 0 aliphatic rings. The molecule has 0 aliphatic heterocycles. The van der Waals surface area contributed by atoms with Gasteiger partial charge in [0.25, 0.3) is 11.8 Å². The Bertz CT molecular complexity index is 762. The molecule has 0 atom stereocenters. The van der Waals surface area contributed by atoms with Gasteiger partial charge >= 0.3 is 0 Å². The van der Waals surface area contributed by atoms with E-state index in [9.17, 15) is 9.59 Å². The maximum Gasteiger partial charge on any atom is 0.259 e. The Hall–Kier alpha value is -2.34. The summed E-state index contributed by atoms with van der Waals surface area (Å²) >= 11 is 3.38. The molecule has 0 aromatic heterocycles. The Kier molecular flexibility index (Phi) is 7.01. The van der Waals surface area contributed by atoms with Gasteiger partial charge in [0.1, 0.15) is 5.75 Å². The van der Waals surface area contributed by atoms with Crippen molar-refractivity contribution < 1.29 is 14.3 Å². The normalized spacial score (nSPS) is 10.2. The van der Waals surface area contributed by atoms with Crippen molar-refractivity contribution in [1.82, 2.24) is 5.32 Å². The Morgan fingerprint density at radius 1 is 1.08 bits per heavy atom. The third-order valence-corrected chi connectivity index (χ3v) is 4.08. The number of hydrogen-bond acceptors (Lipinski definition) is 3. The highest BCUT2D eigenvalue weighted by Gasteiger charge is 2.17. The number of rotatable bonds is 7. The van der Waals surface area contributed by atoms with Gasteiger partial charge in [0.15, 0.2) is 0 Å². The minimum absolute atomic E-state index is 0.260. The number of nitrogens with one attached hydrogen (secondary N) is 2. The summed E-state index contributed by atoms with van der Waals surface area (Å²) < 4.78 is 6.51. The molecule has 2 aromatic rings. The van der Waals surface area contributed by atoms with Gasteiger partial charge in [-0.05, 0) is 36.8 Å². The molecule has 0 bridgehead atoms. The van der Waals surface area contributed by atoms with Crippen LogP contribution in [0.2, 0.25) is 0 Å². The van der Waals surface area contributed by atoms with E-state index in [-0.39, 0.29) is 11.8 Å². The second-order valence-electron chi connectivity index (χ2n) is 5.42. The summed E-state index contributed by atoms with van der Waals surface area (Å²) in [5.41, 5.74) is 1.27. The molecule has 25 heavy (non-hydrogen) atoms. The van der Waals surface area contributed by atoms with Crippen molar-refractivity contribution >= 4 is 33.4 Å². The molecule has 0 spiro atoms. The number of carbonyl (C=O) groups excluding carboxylic acids is 2. The van der Waals surface area contributed by atoms with Gasteiger partial charge in [-0.3, -0.25) is 9.59 Å². The van der Waals surface area contributed by atoms with Gasteiger partial charge in [0.2, 0.25) is 0 Å². The van der Waals surface area contributed by atoms with E-state index in [0.29, 0.717) is 29.2 Å². The molecule has 0 saturated carbocycles. The number of halogens is 1. The van der Waals surface area contributed by atoms with E-state index in [1.54, 1.807) is 43.4 Å². The lowest BCUT2D eigenvalue weighted by atomic mass is 10.1.